The molecule has 0 amide bonds. The summed E-state index contributed by atoms with van der Waals surface area (Å²) in [4.78, 5) is 10.5. The van der Waals surface area contributed by atoms with Gasteiger partial charge in [-0.05, 0) is 47.0 Å². The molecular formula is C22H26BrFN4O. The van der Waals surface area contributed by atoms with Crippen molar-refractivity contribution >= 4 is 32.5 Å². The molecule has 2 aromatic heterocycles. The second kappa shape index (κ2) is 8.42. The van der Waals surface area contributed by atoms with E-state index in [4.69, 9.17) is 9.72 Å². The van der Waals surface area contributed by atoms with Gasteiger partial charge >= 0.3 is 0 Å². The fourth-order valence-corrected chi connectivity index (χ4v) is 4.38. The number of aromatic amines is 1. The van der Waals surface area contributed by atoms with E-state index in [9.17, 15) is 4.39 Å². The zero-order valence-electron chi connectivity index (χ0n) is 17.0. The van der Waals surface area contributed by atoms with Gasteiger partial charge in [0.2, 0.25) is 0 Å². The highest BCUT2D eigenvalue weighted by Crippen LogP contribution is 2.38. The Hall–Kier alpha value is -1.96. The third-order valence-electron chi connectivity index (χ3n) is 5.72. The highest BCUT2D eigenvalue weighted by atomic mass is 79.9. The Labute approximate surface area is 178 Å². The number of hydrogen-bond acceptors (Lipinski definition) is 4. The lowest BCUT2D eigenvalue weighted by molar-refractivity contribution is 0.116. The first-order valence-electron chi connectivity index (χ1n) is 10.0. The van der Waals surface area contributed by atoms with Gasteiger partial charge in [-0.3, -0.25) is 4.98 Å². The molecule has 1 fully saturated rings. The highest BCUT2D eigenvalue weighted by molar-refractivity contribution is 9.10. The van der Waals surface area contributed by atoms with Crippen LogP contribution in [0.5, 0.6) is 0 Å². The van der Waals surface area contributed by atoms with Gasteiger partial charge in [0.25, 0.3) is 0 Å². The molecule has 1 atom stereocenters. The maximum absolute atomic E-state index is 14.8. The summed E-state index contributed by atoms with van der Waals surface area (Å²) >= 11 is 3.30. The number of pyridine rings is 1. The number of piperazine rings is 1. The number of H-pyrrole nitrogens is 1. The molecule has 0 spiro atoms. The minimum absolute atomic E-state index is 0.172. The molecule has 0 aliphatic carbocycles. The van der Waals surface area contributed by atoms with E-state index in [0.717, 1.165) is 66.2 Å². The molecule has 7 heteroatoms. The third-order valence-corrected chi connectivity index (χ3v) is 6.33. The number of benzene rings is 1. The van der Waals surface area contributed by atoms with Crippen LogP contribution in [0.3, 0.4) is 0 Å². The van der Waals surface area contributed by atoms with E-state index in [1.165, 1.54) is 0 Å². The summed E-state index contributed by atoms with van der Waals surface area (Å²) < 4.78 is 20.9. The summed E-state index contributed by atoms with van der Waals surface area (Å²) in [6, 6.07) is 5.90. The van der Waals surface area contributed by atoms with Gasteiger partial charge < -0.3 is 19.9 Å². The van der Waals surface area contributed by atoms with Gasteiger partial charge in [-0.15, -0.1) is 0 Å². The van der Waals surface area contributed by atoms with E-state index in [1.54, 1.807) is 13.2 Å². The molecule has 1 unspecified atom stereocenters. The molecule has 1 aliphatic rings. The lowest BCUT2D eigenvalue weighted by Crippen LogP contribution is -2.43. The first-order chi connectivity index (χ1) is 14.0. The summed E-state index contributed by atoms with van der Waals surface area (Å²) in [5, 5.41) is 4.29. The highest BCUT2D eigenvalue weighted by Gasteiger charge is 2.23. The van der Waals surface area contributed by atoms with E-state index < -0.39 is 0 Å². The van der Waals surface area contributed by atoms with Crippen LogP contribution in [0, 0.1) is 5.82 Å². The molecule has 0 bridgehead atoms. The van der Waals surface area contributed by atoms with E-state index in [1.807, 2.05) is 19.2 Å². The molecular weight excluding hydrogens is 435 g/mol. The standard InChI is InChI=1S/C22H26BrFN4O/c1-4-15-16-5-6-18(23)19(24)22(16)27-21(15)17-11-14(28-9-7-25-8-10-28)12-26-20(17)13(2)29-3/h5-6,11-13,25,27H,4,7-10H2,1-3H3. The van der Waals surface area contributed by atoms with Crippen LogP contribution in [-0.2, 0) is 11.2 Å². The summed E-state index contributed by atoms with van der Waals surface area (Å²) in [6.45, 7) is 7.88. The number of aromatic nitrogens is 2. The van der Waals surface area contributed by atoms with Gasteiger partial charge in [-0.1, -0.05) is 13.0 Å². The van der Waals surface area contributed by atoms with Gasteiger partial charge in [-0.25, -0.2) is 4.39 Å². The van der Waals surface area contributed by atoms with Gasteiger partial charge in [0.1, 0.15) is 0 Å². The summed E-state index contributed by atoms with van der Waals surface area (Å²) in [5.41, 5.74) is 5.44. The van der Waals surface area contributed by atoms with Crippen LogP contribution in [-0.4, -0.2) is 43.3 Å². The average Bonchev–Trinajstić information content (AvgIpc) is 3.15. The number of aryl methyl sites for hydroxylation is 1. The molecule has 3 heterocycles. The summed E-state index contributed by atoms with van der Waals surface area (Å²) in [6.07, 6.45) is 2.54. The molecule has 5 nitrogen and oxygen atoms in total. The van der Waals surface area contributed by atoms with Gasteiger partial charge in [0.15, 0.2) is 5.82 Å². The van der Waals surface area contributed by atoms with Gasteiger partial charge in [0.05, 0.1) is 39.4 Å². The predicted molar refractivity (Wildman–Crippen MR) is 119 cm³/mol. The number of rotatable bonds is 5. The van der Waals surface area contributed by atoms with Gasteiger partial charge in [-0.2, -0.15) is 0 Å². The van der Waals surface area contributed by atoms with E-state index in [2.05, 4.69) is 44.1 Å². The molecule has 2 N–H and O–H groups in total. The van der Waals surface area contributed by atoms with Gasteiger partial charge in [0, 0.05) is 44.2 Å². The Morgan fingerprint density at radius 1 is 1.31 bits per heavy atom. The molecule has 1 aliphatic heterocycles. The van der Waals surface area contributed by atoms with E-state index in [-0.39, 0.29) is 11.9 Å². The van der Waals surface area contributed by atoms with Crippen LogP contribution in [0.25, 0.3) is 22.2 Å². The Morgan fingerprint density at radius 3 is 2.76 bits per heavy atom. The molecule has 3 aromatic rings. The van der Waals surface area contributed by atoms with E-state index in [0.29, 0.717) is 9.99 Å². The Kier molecular flexibility index (Phi) is 5.90. The van der Waals surface area contributed by atoms with Crippen LogP contribution in [0.2, 0.25) is 0 Å². The second-order valence-electron chi connectivity index (χ2n) is 7.36. The van der Waals surface area contributed by atoms with Crippen molar-refractivity contribution in [2.24, 2.45) is 0 Å². The second-order valence-corrected chi connectivity index (χ2v) is 8.21. The van der Waals surface area contributed by atoms with E-state index >= 15 is 0 Å². The van der Waals surface area contributed by atoms with Crippen molar-refractivity contribution in [3.63, 3.8) is 0 Å². The predicted octanol–water partition coefficient (Wildman–Crippen LogP) is 4.81. The van der Waals surface area contributed by atoms with Crippen molar-refractivity contribution in [2.45, 2.75) is 26.4 Å². The van der Waals surface area contributed by atoms with Crippen molar-refractivity contribution in [3.8, 4) is 11.3 Å². The number of nitrogens with one attached hydrogen (secondary N) is 2. The number of halogens is 2. The maximum atomic E-state index is 14.8. The first kappa shape index (κ1) is 20.3. The molecule has 0 saturated carbocycles. The lowest BCUT2D eigenvalue weighted by Gasteiger charge is -2.30. The van der Waals surface area contributed by atoms with Crippen molar-refractivity contribution in [1.29, 1.82) is 0 Å². The van der Waals surface area contributed by atoms with Crippen molar-refractivity contribution in [1.82, 2.24) is 15.3 Å². The van der Waals surface area contributed by atoms with Crippen LogP contribution in [0.1, 0.15) is 31.2 Å². The minimum atomic E-state index is -0.268. The van der Waals surface area contributed by atoms with Crippen molar-refractivity contribution in [2.75, 3.05) is 38.2 Å². The fourth-order valence-electron chi connectivity index (χ4n) is 4.05. The molecule has 1 aromatic carbocycles. The number of anilines is 1. The van der Waals surface area contributed by atoms with Crippen LogP contribution in [0.15, 0.2) is 28.9 Å². The van der Waals surface area contributed by atoms with Crippen molar-refractivity contribution < 1.29 is 9.13 Å². The SMILES string of the molecule is CCc1c(-c2cc(N3CCNCC3)cnc2C(C)OC)[nH]c2c(F)c(Br)ccc12. The van der Waals surface area contributed by atoms with Crippen LogP contribution < -0.4 is 10.2 Å². The molecule has 29 heavy (non-hydrogen) atoms. The smallest absolute Gasteiger partial charge is 0.161 e. The van der Waals surface area contributed by atoms with Crippen molar-refractivity contribution in [3.05, 3.63) is 45.9 Å². The number of fused-ring (bicyclic) bond motifs is 1. The van der Waals surface area contributed by atoms with Crippen LogP contribution >= 0.6 is 15.9 Å². The fraction of sp³-hybridized carbons (Fsp3) is 0.409. The molecule has 4 rings (SSSR count). The molecule has 1 saturated heterocycles. The number of nitrogens with zero attached hydrogens (tertiary/aromatic N) is 2. The zero-order valence-corrected chi connectivity index (χ0v) is 18.6. The quantitative estimate of drug-likeness (QED) is 0.573. The average molecular weight is 461 g/mol. The Balaban J connectivity index is 1.93. The normalized spacial score (nSPS) is 15.8. The minimum Gasteiger partial charge on any atom is -0.375 e. The summed E-state index contributed by atoms with van der Waals surface area (Å²) in [5.74, 6) is -0.268. The summed E-state index contributed by atoms with van der Waals surface area (Å²) in [7, 11) is 1.68. The topological polar surface area (TPSA) is 53.2 Å². The molecule has 0 radical (unpaired) electrons. The number of methoxy groups -OCH3 is 1. The molecule has 154 valence electrons. The lowest BCUT2D eigenvalue weighted by atomic mass is 9.99. The third kappa shape index (κ3) is 3.67. The largest absolute Gasteiger partial charge is 0.375 e. The Bertz CT molecular complexity index is 1030. The number of ether oxygens (including phenoxy) is 1. The van der Waals surface area contributed by atoms with Crippen LogP contribution in [0.4, 0.5) is 10.1 Å². The monoisotopic (exact) mass is 460 g/mol. The maximum Gasteiger partial charge on any atom is 0.161 e. The zero-order chi connectivity index (χ0) is 20.5. The Morgan fingerprint density at radius 2 is 2.07 bits per heavy atom. The number of hydrogen-bond donors (Lipinski definition) is 2. The first-order valence-corrected chi connectivity index (χ1v) is 10.8.